The third kappa shape index (κ3) is 2.68. The van der Waals surface area contributed by atoms with Crippen molar-refractivity contribution in [3.8, 4) is 0 Å². The van der Waals surface area contributed by atoms with Gasteiger partial charge in [-0.3, -0.25) is 9.59 Å². The highest BCUT2D eigenvalue weighted by Crippen LogP contribution is 2.31. The maximum atomic E-state index is 12.7. The first-order valence-electron chi connectivity index (χ1n) is 7.79. The van der Waals surface area contributed by atoms with Gasteiger partial charge < -0.3 is 15.0 Å². The minimum absolute atomic E-state index is 0.00713. The fourth-order valence-corrected chi connectivity index (χ4v) is 3.55. The number of hydrogen-bond donors (Lipinski definition) is 1. The first-order valence-corrected chi connectivity index (χ1v) is 7.79. The maximum absolute atomic E-state index is 12.7. The van der Waals surface area contributed by atoms with E-state index >= 15 is 0 Å². The third-order valence-corrected chi connectivity index (χ3v) is 4.55. The molecule has 0 bridgehead atoms. The molecule has 4 atom stereocenters. The van der Waals surface area contributed by atoms with E-state index < -0.39 is 0 Å². The van der Waals surface area contributed by atoms with Gasteiger partial charge in [-0.1, -0.05) is 20.3 Å². The second-order valence-corrected chi connectivity index (χ2v) is 5.79. The lowest BCUT2D eigenvalue weighted by atomic mass is 9.98. The van der Waals surface area contributed by atoms with Crippen LogP contribution >= 0.6 is 0 Å². The Morgan fingerprint density at radius 1 is 1.30 bits per heavy atom. The number of piperazine rings is 1. The largest absolute Gasteiger partial charge is 0.379 e. The van der Waals surface area contributed by atoms with Gasteiger partial charge in [0.25, 0.3) is 0 Å². The molecular weight excluding hydrogens is 256 g/mol. The van der Waals surface area contributed by atoms with Gasteiger partial charge in [-0.05, 0) is 32.1 Å². The highest BCUT2D eigenvalue weighted by molar-refractivity contribution is 5.97. The number of carbonyl (C=O) groups is 2. The number of ether oxygens (including phenoxy) is 1. The van der Waals surface area contributed by atoms with Crippen LogP contribution in [0.5, 0.6) is 0 Å². The molecule has 5 heteroatoms. The van der Waals surface area contributed by atoms with Crippen LogP contribution in [0.2, 0.25) is 0 Å². The van der Waals surface area contributed by atoms with E-state index in [4.69, 9.17) is 4.74 Å². The SMILES string of the molecule is CCCC1NC(=O)C(CC)N(C2CCCC2OC)C1=O. The van der Waals surface area contributed by atoms with Crippen molar-refractivity contribution in [3.05, 3.63) is 0 Å². The molecule has 4 unspecified atom stereocenters. The number of hydrogen-bond acceptors (Lipinski definition) is 3. The Balaban J connectivity index is 2.24. The van der Waals surface area contributed by atoms with Crippen molar-refractivity contribution in [2.75, 3.05) is 7.11 Å². The van der Waals surface area contributed by atoms with Crippen LogP contribution in [0.15, 0.2) is 0 Å². The van der Waals surface area contributed by atoms with Crippen molar-refractivity contribution in [2.24, 2.45) is 0 Å². The minimum Gasteiger partial charge on any atom is -0.379 e. The van der Waals surface area contributed by atoms with E-state index in [1.54, 1.807) is 7.11 Å². The summed E-state index contributed by atoms with van der Waals surface area (Å²) in [6.45, 7) is 3.99. The summed E-state index contributed by atoms with van der Waals surface area (Å²) in [6, 6.07) is -0.632. The van der Waals surface area contributed by atoms with Crippen LogP contribution in [0.1, 0.15) is 52.4 Å². The van der Waals surface area contributed by atoms with Gasteiger partial charge in [0, 0.05) is 7.11 Å². The molecular formula is C15H26N2O3. The third-order valence-electron chi connectivity index (χ3n) is 4.55. The van der Waals surface area contributed by atoms with E-state index in [1.807, 2.05) is 18.7 Å². The smallest absolute Gasteiger partial charge is 0.246 e. The fourth-order valence-electron chi connectivity index (χ4n) is 3.55. The van der Waals surface area contributed by atoms with E-state index in [0.717, 1.165) is 25.7 Å². The van der Waals surface area contributed by atoms with Gasteiger partial charge in [0.2, 0.25) is 11.8 Å². The first kappa shape index (κ1) is 15.3. The van der Waals surface area contributed by atoms with Crippen LogP contribution in [0.4, 0.5) is 0 Å². The second kappa shape index (κ2) is 6.57. The number of nitrogens with zero attached hydrogens (tertiary/aromatic N) is 1. The lowest BCUT2D eigenvalue weighted by molar-refractivity contribution is -0.155. The van der Waals surface area contributed by atoms with Crippen molar-refractivity contribution < 1.29 is 14.3 Å². The number of rotatable bonds is 5. The molecule has 5 nitrogen and oxygen atoms in total. The molecule has 0 aromatic rings. The Morgan fingerprint density at radius 3 is 2.65 bits per heavy atom. The summed E-state index contributed by atoms with van der Waals surface area (Å²) in [6.07, 6.45) is 5.30. The van der Waals surface area contributed by atoms with Crippen LogP contribution in [0, 0.1) is 0 Å². The van der Waals surface area contributed by atoms with Gasteiger partial charge in [-0.15, -0.1) is 0 Å². The topological polar surface area (TPSA) is 58.6 Å². The van der Waals surface area contributed by atoms with E-state index in [0.29, 0.717) is 12.8 Å². The molecule has 2 amide bonds. The molecule has 1 N–H and O–H groups in total. The molecule has 2 aliphatic rings. The molecule has 1 saturated heterocycles. The Bertz CT molecular complexity index is 372. The van der Waals surface area contributed by atoms with Crippen molar-refractivity contribution >= 4 is 11.8 Å². The van der Waals surface area contributed by atoms with Crippen molar-refractivity contribution in [1.82, 2.24) is 10.2 Å². The van der Waals surface area contributed by atoms with E-state index in [1.165, 1.54) is 0 Å². The van der Waals surface area contributed by atoms with Crippen molar-refractivity contribution in [2.45, 2.75) is 76.6 Å². The molecule has 1 heterocycles. The molecule has 1 aliphatic carbocycles. The number of methoxy groups -OCH3 is 1. The zero-order valence-corrected chi connectivity index (χ0v) is 12.7. The quantitative estimate of drug-likeness (QED) is 0.830. The summed E-state index contributed by atoms with van der Waals surface area (Å²) < 4.78 is 5.52. The summed E-state index contributed by atoms with van der Waals surface area (Å²) in [7, 11) is 1.70. The van der Waals surface area contributed by atoms with Gasteiger partial charge in [-0.2, -0.15) is 0 Å². The number of amides is 2. The molecule has 0 aromatic carbocycles. The summed E-state index contributed by atoms with van der Waals surface area (Å²) in [5, 5.41) is 2.88. The molecule has 114 valence electrons. The number of nitrogens with one attached hydrogen (secondary N) is 1. The maximum Gasteiger partial charge on any atom is 0.246 e. The van der Waals surface area contributed by atoms with Crippen LogP contribution in [-0.4, -0.2) is 48.1 Å². The zero-order chi connectivity index (χ0) is 14.7. The average Bonchev–Trinajstić information content (AvgIpc) is 2.90. The van der Waals surface area contributed by atoms with Gasteiger partial charge in [0.15, 0.2) is 0 Å². The van der Waals surface area contributed by atoms with Crippen LogP contribution in [-0.2, 0) is 14.3 Å². The molecule has 1 saturated carbocycles. The summed E-state index contributed by atoms with van der Waals surface area (Å²) in [5.41, 5.74) is 0. The van der Waals surface area contributed by atoms with E-state index in [-0.39, 0.29) is 36.0 Å². The molecule has 2 rings (SSSR count). The van der Waals surface area contributed by atoms with Crippen LogP contribution in [0.3, 0.4) is 0 Å². The van der Waals surface area contributed by atoms with Crippen molar-refractivity contribution in [1.29, 1.82) is 0 Å². The Kier molecular flexibility index (Phi) is 5.02. The predicted molar refractivity (Wildman–Crippen MR) is 76.2 cm³/mol. The highest BCUT2D eigenvalue weighted by atomic mass is 16.5. The molecule has 2 fully saturated rings. The van der Waals surface area contributed by atoms with Gasteiger partial charge >= 0.3 is 0 Å². The molecule has 0 spiro atoms. The number of carbonyl (C=O) groups excluding carboxylic acids is 2. The fraction of sp³-hybridized carbons (Fsp3) is 0.867. The van der Waals surface area contributed by atoms with E-state index in [2.05, 4.69) is 5.32 Å². The molecule has 0 radical (unpaired) electrons. The lowest BCUT2D eigenvalue weighted by Gasteiger charge is -2.43. The lowest BCUT2D eigenvalue weighted by Crippen LogP contribution is -2.66. The first-order chi connectivity index (χ1) is 9.63. The van der Waals surface area contributed by atoms with Gasteiger partial charge in [0.05, 0.1) is 12.1 Å². The van der Waals surface area contributed by atoms with Crippen molar-refractivity contribution in [3.63, 3.8) is 0 Å². The Labute approximate surface area is 121 Å². The second-order valence-electron chi connectivity index (χ2n) is 5.79. The summed E-state index contributed by atoms with van der Waals surface area (Å²) >= 11 is 0. The predicted octanol–water partition coefficient (Wildman–Crippen LogP) is 1.46. The van der Waals surface area contributed by atoms with Crippen LogP contribution < -0.4 is 5.32 Å². The molecule has 1 aliphatic heterocycles. The van der Waals surface area contributed by atoms with E-state index in [9.17, 15) is 9.59 Å². The van der Waals surface area contributed by atoms with Crippen LogP contribution in [0.25, 0.3) is 0 Å². The molecule has 0 aromatic heterocycles. The summed E-state index contributed by atoms with van der Waals surface area (Å²) in [4.78, 5) is 26.8. The Morgan fingerprint density at radius 2 is 2.05 bits per heavy atom. The highest BCUT2D eigenvalue weighted by Gasteiger charge is 2.46. The zero-order valence-electron chi connectivity index (χ0n) is 12.7. The van der Waals surface area contributed by atoms with Gasteiger partial charge in [-0.25, -0.2) is 0 Å². The standard InChI is InChI=1S/C15H26N2O3/c1-4-7-10-15(19)17(11(5-2)14(18)16-10)12-8-6-9-13(12)20-3/h10-13H,4-9H2,1-3H3,(H,16,18). The monoisotopic (exact) mass is 282 g/mol. The normalized spacial score (nSPS) is 34.5. The summed E-state index contributed by atoms with van der Waals surface area (Å²) in [5.74, 6) is 0.0690. The minimum atomic E-state index is -0.353. The Hall–Kier alpha value is -1.10. The molecule has 20 heavy (non-hydrogen) atoms. The van der Waals surface area contributed by atoms with Gasteiger partial charge in [0.1, 0.15) is 12.1 Å². The average molecular weight is 282 g/mol.